The second kappa shape index (κ2) is 10.7. The van der Waals surface area contributed by atoms with Gasteiger partial charge in [-0.1, -0.05) is 5.57 Å². The summed E-state index contributed by atoms with van der Waals surface area (Å²) in [6.45, 7) is -1.78. The number of carbonyl (C=O) groups excluding carboxylic acids is 1. The number of benzene rings is 1. The number of nitrogens with zero attached hydrogens (tertiary/aromatic N) is 6. The molecule has 2 atom stereocenters. The van der Waals surface area contributed by atoms with E-state index >= 15 is 0 Å². The fourth-order valence-electron chi connectivity index (χ4n) is 6.13. The van der Waals surface area contributed by atoms with E-state index in [0.717, 1.165) is 30.7 Å². The summed E-state index contributed by atoms with van der Waals surface area (Å²) < 4.78 is 100. The Morgan fingerprint density at radius 1 is 1.11 bits per heavy atom. The number of hydrogen-bond donors (Lipinski definition) is 0. The third-order valence-electron chi connectivity index (χ3n) is 8.13. The highest BCUT2D eigenvalue weighted by molar-refractivity contribution is 7.89. The molecule has 0 N–H and O–H groups in total. The van der Waals surface area contributed by atoms with Crippen LogP contribution < -0.4 is 0 Å². The Morgan fingerprint density at radius 3 is 2.52 bits per heavy atom. The van der Waals surface area contributed by atoms with E-state index in [-0.39, 0.29) is 31.4 Å². The van der Waals surface area contributed by atoms with Crippen molar-refractivity contribution in [3.8, 4) is 5.69 Å². The lowest BCUT2D eigenvalue weighted by Gasteiger charge is -2.46. The van der Waals surface area contributed by atoms with Crippen molar-refractivity contribution in [2.45, 2.75) is 42.8 Å². The number of carbonyl (C=O) groups is 1. The smallest absolute Gasteiger partial charge is 0.299 e. The molecule has 0 bridgehead atoms. The monoisotopic (exact) mass is 632 g/mol. The SMILES string of the molecule is Cn1cc(S(=O)(=O)N(CC(F)(F)F)[C@H]2CCC3=Cc4c(ncn4-c4ccc(F)cc4)C[C@]3(C(=O)c3cc(F)ccn3)C2)cn1. The highest BCUT2D eigenvalue weighted by Crippen LogP contribution is 2.51. The van der Waals surface area contributed by atoms with Gasteiger partial charge >= 0.3 is 6.18 Å². The average Bonchev–Trinajstić information content (AvgIpc) is 3.60. The lowest BCUT2D eigenvalue weighted by atomic mass is 9.61. The van der Waals surface area contributed by atoms with Crippen molar-refractivity contribution in [1.82, 2.24) is 28.6 Å². The molecule has 15 heteroatoms. The summed E-state index contributed by atoms with van der Waals surface area (Å²) in [4.78, 5) is 22.4. The minimum atomic E-state index is -4.89. The number of Topliss-reactive ketones (excluding diaryl/α,β-unsaturated/α-hetero) is 1. The molecule has 3 heterocycles. The van der Waals surface area contributed by atoms with Crippen LogP contribution in [-0.4, -0.2) is 61.6 Å². The number of aromatic nitrogens is 5. The molecule has 4 aromatic rings. The van der Waals surface area contributed by atoms with Crippen LogP contribution in [0.3, 0.4) is 0 Å². The van der Waals surface area contributed by atoms with Crippen LogP contribution in [0.2, 0.25) is 0 Å². The third-order valence-corrected chi connectivity index (χ3v) is 9.99. The van der Waals surface area contributed by atoms with Crippen LogP contribution in [-0.2, 0) is 23.5 Å². The molecule has 0 saturated heterocycles. The molecule has 0 aliphatic heterocycles. The van der Waals surface area contributed by atoms with Crippen molar-refractivity contribution < 1.29 is 35.2 Å². The van der Waals surface area contributed by atoms with Crippen molar-refractivity contribution >= 4 is 21.9 Å². The number of fused-ring (bicyclic) bond motifs is 2. The van der Waals surface area contributed by atoms with Crippen molar-refractivity contribution in [1.29, 1.82) is 0 Å². The number of ketones is 1. The molecule has 0 unspecified atom stereocenters. The molecule has 2 aliphatic carbocycles. The maximum Gasteiger partial charge on any atom is 0.402 e. The summed E-state index contributed by atoms with van der Waals surface area (Å²) in [7, 11) is -3.26. The van der Waals surface area contributed by atoms with Gasteiger partial charge < -0.3 is 0 Å². The van der Waals surface area contributed by atoms with Crippen molar-refractivity contribution in [2.24, 2.45) is 12.5 Å². The van der Waals surface area contributed by atoms with Crippen LogP contribution in [0.1, 0.15) is 41.1 Å². The second-order valence-electron chi connectivity index (χ2n) is 11.0. The first-order valence-corrected chi connectivity index (χ1v) is 15.0. The van der Waals surface area contributed by atoms with Gasteiger partial charge in [-0.15, -0.1) is 0 Å². The zero-order valence-corrected chi connectivity index (χ0v) is 24.0. The first-order valence-electron chi connectivity index (χ1n) is 13.5. The molecule has 3 aromatic heterocycles. The van der Waals surface area contributed by atoms with E-state index in [2.05, 4.69) is 15.1 Å². The fraction of sp³-hybridized carbons (Fsp3) is 0.310. The molecule has 1 fully saturated rings. The molecule has 0 amide bonds. The van der Waals surface area contributed by atoms with Crippen LogP contribution in [0.25, 0.3) is 11.8 Å². The Labute approximate surface area is 248 Å². The van der Waals surface area contributed by atoms with Crippen LogP contribution in [0.4, 0.5) is 22.0 Å². The predicted octanol–water partition coefficient (Wildman–Crippen LogP) is 4.89. The highest BCUT2D eigenvalue weighted by atomic mass is 32.2. The second-order valence-corrected chi connectivity index (χ2v) is 12.8. The number of imidazole rings is 1. The number of alkyl halides is 3. The summed E-state index contributed by atoms with van der Waals surface area (Å²) in [5, 5.41) is 3.81. The van der Waals surface area contributed by atoms with Gasteiger partial charge in [-0.3, -0.25) is 19.0 Å². The summed E-state index contributed by atoms with van der Waals surface area (Å²) in [6.07, 6.45) is 1.14. The van der Waals surface area contributed by atoms with E-state index in [9.17, 15) is 35.2 Å². The van der Waals surface area contributed by atoms with E-state index in [0.29, 0.717) is 27.0 Å². The first-order chi connectivity index (χ1) is 20.8. The standard InChI is InChI=1S/C29H25F5N6O3S/c1-38-15-23(14-37-38)44(42,43)40(16-29(32,33)34)22-5-2-18-10-26-25(36-17-39(26)21-6-3-19(30)4-7-21)13-28(18,12-22)27(41)24-11-20(31)8-9-35-24/h3-4,6-11,14-15,17,22H,2,5,12-13,16H2,1H3/t22-,28+/m0/s1. The number of pyridine rings is 1. The van der Waals surface area contributed by atoms with E-state index in [1.54, 1.807) is 22.8 Å². The van der Waals surface area contributed by atoms with Gasteiger partial charge in [-0.25, -0.2) is 22.2 Å². The van der Waals surface area contributed by atoms with Gasteiger partial charge in [0.25, 0.3) is 0 Å². The van der Waals surface area contributed by atoms with E-state index in [1.807, 2.05) is 0 Å². The molecule has 1 aromatic carbocycles. The van der Waals surface area contributed by atoms with Gasteiger partial charge in [0.15, 0.2) is 5.78 Å². The van der Waals surface area contributed by atoms with Crippen LogP contribution in [0.5, 0.6) is 0 Å². The zero-order valence-electron chi connectivity index (χ0n) is 23.2. The first kappa shape index (κ1) is 29.8. The average molecular weight is 633 g/mol. The van der Waals surface area contributed by atoms with Crippen molar-refractivity contribution in [2.75, 3.05) is 6.54 Å². The fourth-order valence-corrected chi connectivity index (χ4v) is 7.75. The van der Waals surface area contributed by atoms with E-state index in [1.165, 1.54) is 30.2 Å². The largest absolute Gasteiger partial charge is 0.402 e. The molecule has 9 nitrogen and oxygen atoms in total. The van der Waals surface area contributed by atoms with Crippen LogP contribution >= 0.6 is 0 Å². The topological polar surface area (TPSA) is 103 Å². The van der Waals surface area contributed by atoms with Crippen LogP contribution in [0.15, 0.2) is 71.8 Å². The Bertz CT molecular complexity index is 1880. The van der Waals surface area contributed by atoms with Crippen molar-refractivity contribution in [3.63, 3.8) is 0 Å². The molecule has 1 saturated carbocycles. The van der Waals surface area contributed by atoms with E-state index < -0.39 is 56.5 Å². The van der Waals surface area contributed by atoms with Gasteiger partial charge in [0, 0.05) is 43.7 Å². The minimum Gasteiger partial charge on any atom is -0.299 e. The lowest BCUT2D eigenvalue weighted by Crippen LogP contribution is -2.52. The maximum atomic E-state index is 14.3. The van der Waals surface area contributed by atoms with Gasteiger partial charge in [-0.05, 0) is 55.7 Å². The molecule has 44 heavy (non-hydrogen) atoms. The molecule has 6 rings (SSSR count). The molecule has 0 radical (unpaired) electrons. The third kappa shape index (κ3) is 5.34. The van der Waals surface area contributed by atoms with Crippen molar-refractivity contribution in [3.05, 3.63) is 95.6 Å². The van der Waals surface area contributed by atoms with Gasteiger partial charge in [0.05, 0.1) is 29.3 Å². The van der Waals surface area contributed by atoms with Gasteiger partial charge in [0.2, 0.25) is 10.0 Å². The Hall–Kier alpha value is -4.24. The maximum absolute atomic E-state index is 14.3. The molecular weight excluding hydrogens is 607 g/mol. The minimum absolute atomic E-state index is 0.0208. The van der Waals surface area contributed by atoms with Gasteiger partial charge in [0.1, 0.15) is 28.8 Å². The number of aryl methyl sites for hydroxylation is 1. The predicted molar refractivity (Wildman–Crippen MR) is 147 cm³/mol. The number of rotatable bonds is 7. The molecular formula is C29H25F5N6O3S. The molecule has 2 aliphatic rings. The van der Waals surface area contributed by atoms with Gasteiger partial charge in [-0.2, -0.15) is 22.6 Å². The van der Waals surface area contributed by atoms with Crippen LogP contribution in [0, 0.1) is 17.0 Å². The Balaban J connectivity index is 1.46. The van der Waals surface area contributed by atoms with E-state index in [4.69, 9.17) is 0 Å². The zero-order chi connectivity index (χ0) is 31.4. The lowest BCUT2D eigenvalue weighted by molar-refractivity contribution is -0.140. The normalized spacial score (nSPS) is 20.2. The quantitative estimate of drug-likeness (QED) is 0.212. The summed E-state index contributed by atoms with van der Waals surface area (Å²) in [5.41, 5.74) is 0.335. The Kier molecular flexibility index (Phi) is 7.27. The number of halogens is 5. The Morgan fingerprint density at radius 2 is 1.86 bits per heavy atom. The number of hydrogen-bond acceptors (Lipinski definition) is 6. The number of allylic oxidation sites excluding steroid dienone is 1. The number of sulfonamides is 1. The summed E-state index contributed by atoms with van der Waals surface area (Å²) in [5.74, 6) is -1.82. The summed E-state index contributed by atoms with van der Waals surface area (Å²) >= 11 is 0. The molecule has 0 spiro atoms. The molecule has 230 valence electrons. The highest BCUT2D eigenvalue weighted by Gasteiger charge is 2.53. The summed E-state index contributed by atoms with van der Waals surface area (Å²) in [6, 6.07) is 6.42.